The maximum Gasteiger partial charge on any atom is 0.341 e. The summed E-state index contributed by atoms with van der Waals surface area (Å²) >= 11 is 0. The monoisotopic (exact) mass is 320 g/mol. The van der Waals surface area contributed by atoms with E-state index in [9.17, 15) is 13.2 Å². The van der Waals surface area contributed by atoms with Crippen molar-refractivity contribution < 1.29 is 22.1 Å². The van der Waals surface area contributed by atoms with Crippen LogP contribution >= 0.6 is 0 Å². The van der Waals surface area contributed by atoms with Gasteiger partial charge in [-0.2, -0.15) is 8.42 Å². The zero-order chi connectivity index (χ0) is 16.3. The summed E-state index contributed by atoms with van der Waals surface area (Å²) in [6.45, 7) is 3.51. The van der Waals surface area contributed by atoms with Gasteiger partial charge in [-0.25, -0.2) is 4.79 Å². The summed E-state index contributed by atoms with van der Waals surface area (Å²) in [6.07, 6.45) is 0. The van der Waals surface area contributed by atoms with Crippen LogP contribution in [0.2, 0.25) is 0 Å². The topological polar surface area (TPSA) is 69.7 Å². The highest BCUT2D eigenvalue weighted by Crippen LogP contribution is 2.27. The Morgan fingerprint density at radius 2 is 1.64 bits per heavy atom. The summed E-state index contributed by atoms with van der Waals surface area (Å²) in [5.41, 5.74) is 1.53. The van der Waals surface area contributed by atoms with Crippen molar-refractivity contribution in [2.75, 3.05) is 7.11 Å². The quantitative estimate of drug-likeness (QED) is 0.640. The Kier molecular flexibility index (Phi) is 4.51. The first-order chi connectivity index (χ1) is 10.3. The Bertz CT molecular complexity index is 792. The normalized spacial score (nSPS) is 11.0. The lowest BCUT2D eigenvalue weighted by Crippen LogP contribution is -2.14. The van der Waals surface area contributed by atoms with Crippen LogP contribution in [-0.4, -0.2) is 21.5 Å². The second-order valence-corrected chi connectivity index (χ2v) is 6.34. The molecular formula is C16H16O5S. The van der Waals surface area contributed by atoms with Gasteiger partial charge in [0.25, 0.3) is 0 Å². The average molecular weight is 320 g/mol. The van der Waals surface area contributed by atoms with Crippen LogP contribution in [0, 0.1) is 13.8 Å². The van der Waals surface area contributed by atoms with E-state index in [4.69, 9.17) is 4.18 Å². The third kappa shape index (κ3) is 3.28. The van der Waals surface area contributed by atoms with Crippen LogP contribution in [0.1, 0.15) is 21.5 Å². The standard InChI is InChI=1S/C16H16O5S/c1-11-7-9-13(10-8-11)22(18,19)21-15-12(2)5-4-6-14(15)16(17)20-3/h4-10H,1-3H3. The lowest BCUT2D eigenvalue weighted by atomic mass is 10.1. The number of carbonyl (C=O) groups excluding carboxylic acids is 1. The van der Waals surface area contributed by atoms with E-state index in [2.05, 4.69) is 4.74 Å². The number of methoxy groups -OCH3 is 1. The largest absolute Gasteiger partial charge is 0.465 e. The zero-order valence-electron chi connectivity index (χ0n) is 12.5. The molecule has 0 N–H and O–H groups in total. The van der Waals surface area contributed by atoms with E-state index in [0.717, 1.165) is 5.56 Å². The second kappa shape index (κ2) is 6.19. The maximum absolute atomic E-state index is 12.4. The van der Waals surface area contributed by atoms with E-state index < -0.39 is 16.1 Å². The molecule has 0 aliphatic carbocycles. The van der Waals surface area contributed by atoms with Gasteiger partial charge in [0.1, 0.15) is 10.5 Å². The number of aryl methyl sites for hydroxylation is 2. The van der Waals surface area contributed by atoms with Crippen LogP contribution < -0.4 is 4.18 Å². The summed E-state index contributed by atoms with van der Waals surface area (Å²) in [5.74, 6) is -0.673. The molecule has 0 atom stereocenters. The molecular weight excluding hydrogens is 304 g/mol. The summed E-state index contributed by atoms with van der Waals surface area (Å²) in [6, 6.07) is 11.0. The number of esters is 1. The molecule has 0 spiro atoms. The molecule has 2 aromatic carbocycles. The molecule has 0 unspecified atom stereocenters. The highest BCUT2D eigenvalue weighted by molar-refractivity contribution is 7.87. The smallest absolute Gasteiger partial charge is 0.341 e. The summed E-state index contributed by atoms with van der Waals surface area (Å²) in [5, 5.41) is 0. The molecule has 6 heteroatoms. The van der Waals surface area contributed by atoms with Crippen LogP contribution in [0.4, 0.5) is 0 Å². The van der Waals surface area contributed by atoms with Crippen molar-refractivity contribution in [1.82, 2.24) is 0 Å². The Balaban J connectivity index is 2.46. The van der Waals surface area contributed by atoms with E-state index in [1.54, 1.807) is 31.2 Å². The van der Waals surface area contributed by atoms with Gasteiger partial charge in [0, 0.05) is 0 Å². The van der Waals surface area contributed by atoms with Gasteiger partial charge in [0.05, 0.1) is 7.11 Å². The van der Waals surface area contributed by atoms with Gasteiger partial charge in [0.15, 0.2) is 5.75 Å². The SMILES string of the molecule is COC(=O)c1cccc(C)c1OS(=O)(=O)c1ccc(C)cc1. The first kappa shape index (κ1) is 16.0. The van der Waals surface area contributed by atoms with Crippen LogP contribution in [-0.2, 0) is 14.9 Å². The van der Waals surface area contributed by atoms with E-state index >= 15 is 0 Å². The second-order valence-electron chi connectivity index (χ2n) is 4.79. The van der Waals surface area contributed by atoms with Gasteiger partial charge < -0.3 is 8.92 Å². The van der Waals surface area contributed by atoms with Crippen LogP contribution in [0.5, 0.6) is 5.75 Å². The highest BCUT2D eigenvalue weighted by atomic mass is 32.2. The minimum Gasteiger partial charge on any atom is -0.465 e. The molecule has 0 fully saturated rings. The molecule has 0 heterocycles. The number of hydrogen-bond acceptors (Lipinski definition) is 5. The number of hydrogen-bond donors (Lipinski definition) is 0. The van der Waals surface area contributed by atoms with Gasteiger partial charge >= 0.3 is 16.1 Å². The Labute approximate surface area is 129 Å². The number of carbonyl (C=O) groups is 1. The fourth-order valence-electron chi connectivity index (χ4n) is 1.90. The molecule has 5 nitrogen and oxygen atoms in total. The van der Waals surface area contributed by atoms with Crippen LogP contribution in [0.25, 0.3) is 0 Å². The molecule has 0 aromatic heterocycles. The molecule has 0 aliphatic heterocycles. The summed E-state index contributed by atoms with van der Waals surface area (Å²) in [4.78, 5) is 11.8. The number of benzene rings is 2. The van der Waals surface area contributed by atoms with E-state index in [1.807, 2.05) is 6.92 Å². The van der Waals surface area contributed by atoms with Gasteiger partial charge in [-0.3, -0.25) is 0 Å². The molecule has 2 aromatic rings. The fraction of sp³-hybridized carbons (Fsp3) is 0.188. The molecule has 0 aliphatic rings. The van der Waals surface area contributed by atoms with Crippen molar-refractivity contribution in [2.24, 2.45) is 0 Å². The van der Waals surface area contributed by atoms with Crippen molar-refractivity contribution in [3.63, 3.8) is 0 Å². The van der Waals surface area contributed by atoms with Gasteiger partial charge in [-0.15, -0.1) is 0 Å². The molecule has 0 amide bonds. The molecule has 0 bridgehead atoms. The Hall–Kier alpha value is -2.34. The third-order valence-electron chi connectivity index (χ3n) is 3.12. The maximum atomic E-state index is 12.4. The molecule has 0 saturated heterocycles. The minimum atomic E-state index is -4.02. The number of para-hydroxylation sites is 1. The molecule has 116 valence electrons. The highest BCUT2D eigenvalue weighted by Gasteiger charge is 2.22. The van der Waals surface area contributed by atoms with Crippen molar-refractivity contribution in [3.05, 3.63) is 59.2 Å². The Morgan fingerprint density at radius 1 is 1.00 bits per heavy atom. The van der Waals surface area contributed by atoms with Crippen molar-refractivity contribution in [1.29, 1.82) is 0 Å². The Morgan fingerprint density at radius 3 is 2.23 bits per heavy atom. The number of ether oxygens (including phenoxy) is 1. The van der Waals surface area contributed by atoms with Crippen molar-refractivity contribution >= 4 is 16.1 Å². The summed E-state index contributed by atoms with van der Waals surface area (Å²) in [7, 11) is -2.80. The minimum absolute atomic E-state index is 0.0186. The van der Waals surface area contributed by atoms with E-state index in [-0.39, 0.29) is 16.2 Å². The van der Waals surface area contributed by atoms with Crippen molar-refractivity contribution in [3.8, 4) is 5.75 Å². The molecule has 0 saturated carbocycles. The van der Waals surface area contributed by atoms with Crippen molar-refractivity contribution in [2.45, 2.75) is 18.7 Å². The zero-order valence-corrected chi connectivity index (χ0v) is 13.3. The number of rotatable bonds is 4. The molecule has 22 heavy (non-hydrogen) atoms. The predicted octanol–water partition coefficient (Wildman–Crippen LogP) is 2.86. The average Bonchev–Trinajstić information content (AvgIpc) is 2.49. The van der Waals surface area contributed by atoms with Gasteiger partial charge in [-0.1, -0.05) is 29.8 Å². The van der Waals surface area contributed by atoms with Crippen LogP contribution in [0.15, 0.2) is 47.4 Å². The first-order valence-electron chi connectivity index (χ1n) is 6.54. The molecule has 0 radical (unpaired) electrons. The lowest BCUT2D eigenvalue weighted by molar-refractivity contribution is 0.0598. The fourth-order valence-corrected chi connectivity index (χ4v) is 2.90. The third-order valence-corrected chi connectivity index (χ3v) is 4.36. The van der Waals surface area contributed by atoms with Gasteiger partial charge in [-0.05, 0) is 37.6 Å². The predicted molar refractivity (Wildman–Crippen MR) is 81.5 cm³/mol. The lowest BCUT2D eigenvalue weighted by Gasteiger charge is -2.12. The van der Waals surface area contributed by atoms with E-state index in [1.165, 1.54) is 25.3 Å². The van der Waals surface area contributed by atoms with Crippen LogP contribution in [0.3, 0.4) is 0 Å². The molecule has 2 rings (SSSR count). The first-order valence-corrected chi connectivity index (χ1v) is 7.95. The van der Waals surface area contributed by atoms with Gasteiger partial charge in [0.2, 0.25) is 0 Å². The van der Waals surface area contributed by atoms with E-state index in [0.29, 0.717) is 5.56 Å². The summed E-state index contributed by atoms with van der Waals surface area (Å²) < 4.78 is 34.5.